The molecule has 1 amide bonds. The molecule has 0 aliphatic heterocycles. The van der Waals surface area contributed by atoms with Gasteiger partial charge in [0.2, 0.25) is 5.91 Å². The summed E-state index contributed by atoms with van der Waals surface area (Å²) < 4.78 is 12.7. The van der Waals surface area contributed by atoms with Crippen molar-refractivity contribution in [3.63, 3.8) is 0 Å². The average Bonchev–Trinajstić information content (AvgIpc) is 2.41. The molecule has 0 aromatic heterocycles. The summed E-state index contributed by atoms with van der Waals surface area (Å²) in [4.78, 5) is 11.7. The normalized spacial score (nSPS) is 10.2. The van der Waals surface area contributed by atoms with Crippen LogP contribution in [0.5, 0.6) is 0 Å². The molecule has 0 aliphatic rings. The standard InChI is InChI=1S/C16H17FN2O/c17-13-7-9-15(10-8-13)19-16(20)6-2-4-12-3-1-5-14(18)11-12/h1,3,5,7-11H,2,4,6,18H2,(H,19,20). The first-order valence-electron chi connectivity index (χ1n) is 6.53. The molecule has 2 aromatic rings. The zero-order valence-corrected chi connectivity index (χ0v) is 11.1. The number of anilines is 2. The molecule has 2 rings (SSSR count). The Bertz CT molecular complexity index is 581. The van der Waals surface area contributed by atoms with Crippen LogP contribution in [0.4, 0.5) is 15.8 Å². The van der Waals surface area contributed by atoms with E-state index >= 15 is 0 Å². The van der Waals surface area contributed by atoms with Gasteiger partial charge >= 0.3 is 0 Å². The van der Waals surface area contributed by atoms with E-state index in [1.807, 2.05) is 24.3 Å². The van der Waals surface area contributed by atoms with Crippen LogP contribution in [-0.2, 0) is 11.2 Å². The Balaban J connectivity index is 1.76. The molecule has 0 radical (unpaired) electrons. The second kappa shape index (κ2) is 6.70. The number of nitrogens with one attached hydrogen (secondary N) is 1. The third kappa shape index (κ3) is 4.39. The fourth-order valence-electron chi connectivity index (χ4n) is 1.96. The van der Waals surface area contributed by atoms with Gasteiger partial charge in [-0.25, -0.2) is 4.39 Å². The highest BCUT2D eigenvalue weighted by atomic mass is 19.1. The van der Waals surface area contributed by atoms with Crippen LogP contribution in [0.1, 0.15) is 18.4 Å². The lowest BCUT2D eigenvalue weighted by molar-refractivity contribution is -0.116. The van der Waals surface area contributed by atoms with E-state index in [4.69, 9.17) is 5.73 Å². The summed E-state index contributed by atoms with van der Waals surface area (Å²) in [6, 6.07) is 13.4. The molecule has 0 spiro atoms. The van der Waals surface area contributed by atoms with Gasteiger partial charge in [0.1, 0.15) is 5.82 Å². The lowest BCUT2D eigenvalue weighted by atomic mass is 10.1. The first-order valence-corrected chi connectivity index (χ1v) is 6.53. The van der Waals surface area contributed by atoms with Crippen molar-refractivity contribution in [2.24, 2.45) is 0 Å². The van der Waals surface area contributed by atoms with Crippen LogP contribution >= 0.6 is 0 Å². The fraction of sp³-hybridized carbons (Fsp3) is 0.188. The van der Waals surface area contributed by atoms with Crippen LogP contribution in [0.2, 0.25) is 0 Å². The van der Waals surface area contributed by atoms with E-state index in [9.17, 15) is 9.18 Å². The molecular formula is C16H17FN2O. The third-order valence-electron chi connectivity index (χ3n) is 2.95. The highest BCUT2D eigenvalue weighted by Crippen LogP contribution is 2.12. The van der Waals surface area contributed by atoms with E-state index < -0.39 is 0 Å². The summed E-state index contributed by atoms with van der Waals surface area (Å²) in [6.45, 7) is 0. The molecule has 0 unspecified atom stereocenters. The van der Waals surface area contributed by atoms with E-state index in [-0.39, 0.29) is 11.7 Å². The molecule has 4 heteroatoms. The minimum absolute atomic E-state index is 0.0690. The van der Waals surface area contributed by atoms with Crippen LogP contribution in [0.15, 0.2) is 48.5 Å². The van der Waals surface area contributed by atoms with E-state index in [0.717, 1.165) is 24.1 Å². The molecule has 0 atom stereocenters. The van der Waals surface area contributed by atoms with E-state index in [1.54, 1.807) is 12.1 Å². The molecule has 0 heterocycles. The van der Waals surface area contributed by atoms with Crippen LogP contribution in [0.25, 0.3) is 0 Å². The lowest BCUT2D eigenvalue weighted by Gasteiger charge is -2.05. The molecule has 20 heavy (non-hydrogen) atoms. The van der Waals surface area contributed by atoms with Gasteiger partial charge in [-0.1, -0.05) is 12.1 Å². The summed E-state index contributed by atoms with van der Waals surface area (Å²) in [5.74, 6) is -0.384. The number of rotatable bonds is 5. The fourth-order valence-corrected chi connectivity index (χ4v) is 1.96. The van der Waals surface area contributed by atoms with Gasteiger partial charge in [-0.3, -0.25) is 4.79 Å². The van der Waals surface area contributed by atoms with Crippen LogP contribution in [0, 0.1) is 5.82 Å². The maximum atomic E-state index is 12.7. The van der Waals surface area contributed by atoms with Gasteiger partial charge in [0.25, 0.3) is 0 Å². The molecular weight excluding hydrogens is 255 g/mol. The maximum absolute atomic E-state index is 12.7. The largest absolute Gasteiger partial charge is 0.399 e. The van der Waals surface area contributed by atoms with Crippen molar-refractivity contribution in [2.45, 2.75) is 19.3 Å². The topological polar surface area (TPSA) is 55.1 Å². The number of benzene rings is 2. The Morgan fingerprint density at radius 1 is 1.15 bits per heavy atom. The zero-order chi connectivity index (χ0) is 14.4. The first kappa shape index (κ1) is 14.1. The monoisotopic (exact) mass is 272 g/mol. The second-order valence-corrected chi connectivity index (χ2v) is 4.65. The van der Waals surface area contributed by atoms with Crippen LogP contribution in [-0.4, -0.2) is 5.91 Å². The SMILES string of the molecule is Nc1cccc(CCCC(=O)Nc2ccc(F)cc2)c1. The number of carbonyl (C=O) groups is 1. The molecule has 0 fully saturated rings. The third-order valence-corrected chi connectivity index (χ3v) is 2.95. The van der Waals surface area contributed by atoms with Crippen molar-refractivity contribution < 1.29 is 9.18 Å². The van der Waals surface area contributed by atoms with Gasteiger partial charge in [-0.2, -0.15) is 0 Å². The lowest BCUT2D eigenvalue weighted by Crippen LogP contribution is -2.11. The number of aryl methyl sites for hydroxylation is 1. The number of hydrogen-bond acceptors (Lipinski definition) is 2. The molecule has 0 bridgehead atoms. The first-order chi connectivity index (χ1) is 9.63. The number of nitrogen functional groups attached to an aromatic ring is 1. The molecule has 3 N–H and O–H groups in total. The summed E-state index contributed by atoms with van der Waals surface area (Å²) in [5.41, 5.74) is 8.17. The Labute approximate surface area is 117 Å². The summed E-state index contributed by atoms with van der Waals surface area (Å²) >= 11 is 0. The summed E-state index contributed by atoms with van der Waals surface area (Å²) in [5, 5.41) is 2.74. The number of amides is 1. The van der Waals surface area contributed by atoms with Crippen molar-refractivity contribution in [2.75, 3.05) is 11.1 Å². The summed E-state index contributed by atoms with van der Waals surface area (Å²) in [6.07, 6.45) is 1.98. The average molecular weight is 272 g/mol. The van der Waals surface area contributed by atoms with Crippen molar-refractivity contribution in [1.82, 2.24) is 0 Å². The van der Waals surface area contributed by atoms with Crippen molar-refractivity contribution in [1.29, 1.82) is 0 Å². The van der Waals surface area contributed by atoms with E-state index in [0.29, 0.717) is 12.1 Å². The zero-order valence-electron chi connectivity index (χ0n) is 11.1. The molecule has 2 aromatic carbocycles. The van der Waals surface area contributed by atoms with Crippen molar-refractivity contribution in [3.05, 3.63) is 59.9 Å². The Kier molecular flexibility index (Phi) is 4.71. The predicted octanol–water partition coefficient (Wildman–Crippen LogP) is 3.37. The van der Waals surface area contributed by atoms with Gasteiger partial charge in [-0.05, 0) is 54.8 Å². The molecule has 104 valence electrons. The van der Waals surface area contributed by atoms with Gasteiger partial charge in [0.15, 0.2) is 0 Å². The minimum Gasteiger partial charge on any atom is -0.399 e. The second-order valence-electron chi connectivity index (χ2n) is 4.65. The van der Waals surface area contributed by atoms with Gasteiger partial charge in [0.05, 0.1) is 0 Å². The number of carbonyl (C=O) groups excluding carboxylic acids is 1. The highest BCUT2D eigenvalue weighted by molar-refractivity contribution is 5.90. The van der Waals surface area contributed by atoms with Gasteiger partial charge in [-0.15, -0.1) is 0 Å². The van der Waals surface area contributed by atoms with E-state index in [1.165, 1.54) is 12.1 Å². The Morgan fingerprint density at radius 3 is 2.60 bits per heavy atom. The molecule has 0 saturated carbocycles. The highest BCUT2D eigenvalue weighted by Gasteiger charge is 2.03. The number of hydrogen-bond donors (Lipinski definition) is 2. The minimum atomic E-state index is -0.315. The van der Waals surface area contributed by atoms with Crippen molar-refractivity contribution >= 4 is 17.3 Å². The van der Waals surface area contributed by atoms with Gasteiger partial charge < -0.3 is 11.1 Å². The number of halogens is 1. The van der Waals surface area contributed by atoms with Crippen LogP contribution < -0.4 is 11.1 Å². The molecule has 0 aliphatic carbocycles. The smallest absolute Gasteiger partial charge is 0.224 e. The van der Waals surface area contributed by atoms with Gasteiger partial charge in [0, 0.05) is 17.8 Å². The van der Waals surface area contributed by atoms with Crippen molar-refractivity contribution in [3.8, 4) is 0 Å². The molecule has 3 nitrogen and oxygen atoms in total. The maximum Gasteiger partial charge on any atom is 0.224 e. The predicted molar refractivity (Wildman–Crippen MR) is 78.8 cm³/mol. The Morgan fingerprint density at radius 2 is 1.90 bits per heavy atom. The summed E-state index contributed by atoms with van der Waals surface area (Å²) in [7, 11) is 0. The van der Waals surface area contributed by atoms with E-state index in [2.05, 4.69) is 5.32 Å². The molecule has 0 saturated heterocycles. The van der Waals surface area contributed by atoms with Crippen LogP contribution in [0.3, 0.4) is 0 Å². The quantitative estimate of drug-likeness (QED) is 0.820. The Hall–Kier alpha value is -2.36. The number of nitrogens with two attached hydrogens (primary N) is 1.